The number of thiazole rings is 1. The van der Waals surface area contributed by atoms with Gasteiger partial charge in [-0.05, 0) is 59.9 Å². The van der Waals surface area contributed by atoms with Gasteiger partial charge in [0.25, 0.3) is 0 Å². The van der Waals surface area contributed by atoms with E-state index in [1.807, 2.05) is 44.5 Å². The highest BCUT2D eigenvalue weighted by atomic mass is 32.1. The van der Waals surface area contributed by atoms with Crippen LogP contribution in [-0.2, 0) is 0 Å². The van der Waals surface area contributed by atoms with Gasteiger partial charge in [0.05, 0.1) is 15.7 Å². The van der Waals surface area contributed by atoms with E-state index in [0.717, 1.165) is 5.52 Å². The molecule has 2 aromatic heterocycles. The number of rotatable bonds is 0. The SMILES string of the molecule is CC.CC.c1ccc2c(c1)c1ccccc1c1sccc21.c1ccc2c(c1)c1ccccc1c1scnc21.c1ccc2c(c1)ccc1ccccc12. The molecule has 2 heterocycles. The summed E-state index contributed by atoms with van der Waals surface area (Å²) >= 11 is 3.55. The fourth-order valence-corrected chi connectivity index (χ4v) is 8.82. The zero-order valence-corrected chi connectivity index (χ0v) is 31.6. The molecule has 0 amide bonds. The molecule has 0 spiro atoms. The molecule has 0 N–H and O–H groups in total. The van der Waals surface area contributed by atoms with E-state index in [2.05, 4.69) is 174 Å². The van der Waals surface area contributed by atoms with Gasteiger partial charge in [0, 0.05) is 26.2 Å². The highest BCUT2D eigenvalue weighted by Crippen LogP contribution is 2.38. The predicted octanol–water partition coefficient (Wildman–Crippen LogP) is 15.9. The van der Waals surface area contributed by atoms with E-state index in [4.69, 9.17) is 0 Å². The summed E-state index contributed by atoms with van der Waals surface area (Å²) in [7, 11) is 0. The molecule has 52 heavy (non-hydrogen) atoms. The first-order valence-corrected chi connectivity index (χ1v) is 19.9. The number of nitrogens with zero attached hydrogens (tertiary/aromatic N) is 1. The highest BCUT2D eigenvalue weighted by molar-refractivity contribution is 7.18. The summed E-state index contributed by atoms with van der Waals surface area (Å²) in [6.07, 6.45) is 0. The molecule has 0 aliphatic heterocycles. The fourth-order valence-electron chi connectivity index (χ4n) is 7.02. The Kier molecular flexibility index (Phi) is 10.8. The largest absolute Gasteiger partial charge is 0.244 e. The van der Waals surface area contributed by atoms with E-state index in [0.29, 0.717) is 0 Å². The zero-order valence-electron chi connectivity index (χ0n) is 30.0. The molecule has 9 aromatic carbocycles. The maximum atomic E-state index is 4.52. The first-order chi connectivity index (χ1) is 25.8. The van der Waals surface area contributed by atoms with Crippen LogP contribution in [-0.4, -0.2) is 4.98 Å². The van der Waals surface area contributed by atoms with Gasteiger partial charge in [0.1, 0.15) is 0 Å². The van der Waals surface area contributed by atoms with E-state index in [9.17, 15) is 0 Å². The number of hydrogen-bond donors (Lipinski definition) is 0. The van der Waals surface area contributed by atoms with Crippen molar-refractivity contribution in [2.45, 2.75) is 27.7 Å². The van der Waals surface area contributed by atoms with E-state index in [1.54, 1.807) is 11.3 Å². The third-order valence-corrected chi connectivity index (χ3v) is 11.0. The lowest BCUT2D eigenvalue weighted by atomic mass is 9.99. The van der Waals surface area contributed by atoms with Crippen molar-refractivity contribution in [2.75, 3.05) is 0 Å². The first-order valence-electron chi connectivity index (χ1n) is 18.1. The molecule has 1 nitrogen and oxygen atoms in total. The molecule has 0 saturated carbocycles. The lowest BCUT2D eigenvalue weighted by Gasteiger charge is -2.06. The average molecular weight is 708 g/mol. The van der Waals surface area contributed by atoms with Gasteiger partial charge in [-0.1, -0.05) is 185 Å². The van der Waals surface area contributed by atoms with Crippen LogP contribution >= 0.6 is 22.7 Å². The van der Waals surface area contributed by atoms with Gasteiger partial charge in [-0.3, -0.25) is 0 Å². The topological polar surface area (TPSA) is 12.9 Å². The Morgan fingerprint density at radius 2 is 0.654 bits per heavy atom. The minimum atomic E-state index is 1.13. The Bertz CT molecular complexity index is 2570. The summed E-state index contributed by atoms with van der Waals surface area (Å²) in [5.41, 5.74) is 3.06. The Labute approximate surface area is 313 Å². The van der Waals surface area contributed by atoms with Gasteiger partial charge in [-0.2, -0.15) is 0 Å². The smallest absolute Gasteiger partial charge is 0.0896 e. The van der Waals surface area contributed by atoms with Crippen LogP contribution in [0.25, 0.3) is 84.9 Å². The molecule has 0 fully saturated rings. The van der Waals surface area contributed by atoms with Crippen LogP contribution in [0.2, 0.25) is 0 Å². The van der Waals surface area contributed by atoms with E-state index >= 15 is 0 Å². The maximum Gasteiger partial charge on any atom is 0.0896 e. The molecule has 0 unspecified atom stereocenters. The molecular formula is C49H41NS2. The molecule has 0 aliphatic carbocycles. The normalized spacial score (nSPS) is 10.7. The third kappa shape index (κ3) is 6.50. The maximum absolute atomic E-state index is 4.52. The lowest BCUT2D eigenvalue weighted by molar-refractivity contribution is 1.50. The summed E-state index contributed by atoms with van der Waals surface area (Å²) in [5.74, 6) is 0. The highest BCUT2D eigenvalue weighted by Gasteiger charge is 2.10. The van der Waals surface area contributed by atoms with Crippen LogP contribution in [0.5, 0.6) is 0 Å². The van der Waals surface area contributed by atoms with Crippen molar-refractivity contribution in [3.63, 3.8) is 0 Å². The van der Waals surface area contributed by atoms with Crippen LogP contribution in [0, 0.1) is 0 Å². The Morgan fingerprint density at radius 3 is 1.15 bits per heavy atom. The lowest BCUT2D eigenvalue weighted by Crippen LogP contribution is -1.79. The molecule has 0 aliphatic rings. The monoisotopic (exact) mass is 707 g/mol. The molecule has 11 rings (SSSR count). The average Bonchev–Trinajstić information content (AvgIpc) is 3.95. The van der Waals surface area contributed by atoms with Gasteiger partial charge in [0.2, 0.25) is 0 Å². The summed E-state index contributed by atoms with van der Waals surface area (Å²) in [5, 5.41) is 19.5. The quantitative estimate of drug-likeness (QED) is 0.143. The van der Waals surface area contributed by atoms with Crippen molar-refractivity contribution < 1.29 is 0 Å². The Hall–Kier alpha value is -5.61. The van der Waals surface area contributed by atoms with Gasteiger partial charge in [-0.15, -0.1) is 22.7 Å². The second kappa shape index (κ2) is 16.2. The van der Waals surface area contributed by atoms with Crippen molar-refractivity contribution in [1.82, 2.24) is 4.98 Å². The van der Waals surface area contributed by atoms with E-state index in [-0.39, 0.29) is 0 Å². The van der Waals surface area contributed by atoms with Crippen LogP contribution in [0.15, 0.2) is 175 Å². The second-order valence-corrected chi connectivity index (χ2v) is 13.7. The van der Waals surface area contributed by atoms with Gasteiger partial charge in [0.15, 0.2) is 0 Å². The van der Waals surface area contributed by atoms with Crippen molar-refractivity contribution in [2.24, 2.45) is 0 Å². The molecule has 0 saturated heterocycles. The van der Waals surface area contributed by atoms with Crippen molar-refractivity contribution in [3.05, 3.63) is 175 Å². The third-order valence-electron chi connectivity index (χ3n) is 9.21. The minimum Gasteiger partial charge on any atom is -0.244 e. The molecule has 0 atom stereocenters. The number of benzene rings is 9. The molecule has 0 bridgehead atoms. The van der Waals surface area contributed by atoms with Crippen molar-refractivity contribution in [3.8, 4) is 0 Å². The number of thiophene rings is 1. The molecule has 254 valence electrons. The van der Waals surface area contributed by atoms with E-state index < -0.39 is 0 Å². The summed E-state index contributed by atoms with van der Waals surface area (Å²) in [6, 6.07) is 58.0. The predicted molar refractivity (Wildman–Crippen MR) is 236 cm³/mol. The van der Waals surface area contributed by atoms with Crippen molar-refractivity contribution >= 4 is 108 Å². The molecule has 3 heteroatoms. The first kappa shape index (κ1) is 34.8. The summed E-state index contributed by atoms with van der Waals surface area (Å²) in [6.45, 7) is 8.00. The minimum absolute atomic E-state index is 1.13. The second-order valence-electron chi connectivity index (χ2n) is 11.9. The number of fused-ring (bicyclic) bond motifs is 15. The van der Waals surface area contributed by atoms with Crippen LogP contribution in [0.4, 0.5) is 0 Å². The molecule has 11 aromatic rings. The van der Waals surface area contributed by atoms with Crippen LogP contribution < -0.4 is 0 Å². The molecule has 0 radical (unpaired) electrons. The Balaban J connectivity index is 0.000000116. The summed E-state index contributed by atoms with van der Waals surface area (Å²) < 4.78 is 2.69. The standard InChI is InChI=1S/C16H10S.C15H9NS.C14H10.2C2H6/c1-2-7-13-11(5-1)12-6-3-4-8-14(12)16-15(13)9-10-17-16;1-3-7-12-10(5-1)11-6-2-4-8-13(11)15-14(12)16-9-17-15;1-3-7-13-11(5-1)9-10-12-6-2-4-8-14(12)13;2*1-2/h1-10H;1-9H;1-10H;2*1-2H3. The summed E-state index contributed by atoms with van der Waals surface area (Å²) in [4.78, 5) is 4.52. The van der Waals surface area contributed by atoms with E-state index in [1.165, 1.54) is 79.4 Å². The molecular weight excluding hydrogens is 667 g/mol. The van der Waals surface area contributed by atoms with Gasteiger partial charge in [-0.25, -0.2) is 4.98 Å². The van der Waals surface area contributed by atoms with Crippen LogP contribution in [0.3, 0.4) is 0 Å². The van der Waals surface area contributed by atoms with Crippen molar-refractivity contribution in [1.29, 1.82) is 0 Å². The zero-order chi connectivity index (χ0) is 35.9. The number of aromatic nitrogens is 1. The number of hydrogen-bond acceptors (Lipinski definition) is 3. The fraction of sp³-hybridized carbons (Fsp3) is 0.0816. The van der Waals surface area contributed by atoms with Crippen LogP contribution in [0.1, 0.15) is 27.7 Å². The van der Waals surface area contributed by atoms with Gasteiger partial charge >= 0.3 is 0 Å². The van der Waals surface area contributed by atoms with Gasteiger partial charge < -0.3 is 0 Å². The Morgan fingerprint density at radius 1 is 0.308 bits per heavy atom.